The van der Waals surface area contributed by atoms with Gasteiger partial charge in [0.25, 0.3) is 0 Å². The van der Waals surface area contributed by atoms with Gasteiger partial charge in [-0.15, -0.1) is 0 Å². The van der Waals surface area contributed by atoms with E-state index in [1.807, 2.05) is 0 Å². The molecule has 0 bridgehead atoms. The molecule has 0 aliphatic carbocycles. The highest BCUT2D eigenvalue weighted by atomic mass is 16.5. The smallest absolute Gasteiger partial charge is 0.158 e. The Bertz CT molecular complexity index is 113. The maximum absolute atomic E-state index is 10.8. The number of ketones is 1. The third-order valence-electron chi connectivity index (χ3n) is 1.42. The molecule has 3 heteroatoms. The van der Waals surface area contributed by atoms with E-state index >= 15 is 0 Å². The quantitative estimate of drug-likeness (QED) is 0.632. The van der Waals surface area contributed by atoms with Gasteiger partial charge in [0.05, 0.1) is 0 Å². The highest BCUT2D eigenvalue weighted by molar-refractivity contribution is 5.80. The van der Waals surface area contributed by atoms with E-state index in [1.54, 1.807) is 14.0 Å². The van der Waals surface area contributed by atoms with Crippen LogP contribution < -0.4 is 0 Å². The second-order valence-electron chi connectivity index (χ2n) is 2.96. The molecule has 0 aliphatic heterocycles. The Balaban J connectivity index is -0.000000135. The molecule has 0 amide bonds. The first kappa shape index (κ1) is 23.0. The van der Waals surface area contributed by atoms with Crippen LogP contribution in [0.5, 0.6) is 0 Å². The molecule has 1 unspecified atom stereocenters. The number of Topliss-reactive ketones (excluding diaryl/α,β-unsaturated/α-hetero) is 1. The molecular formula is C10H24BO2. The summed E-state index contributed by atoms with van der Waals surface area (Å²) < 4.78 is 4.97. The van der Waals surface area contributed by atoms with Gasteiger partial charge in [-0.3, -0.25) is 4.79 Å². The van der Waals surface area contributed by atoms with E-state index in [0.717, 1.165) is 6.42 Å². The molecule has 0 aliphatic rings. The minimum atomic E-state index is -0.194. The van der Waals surface area contributed by atoms with Crippen molar-refractivity contribution >= 4 is 14.2 Å². The van der Waals surface area contributed by atoms with Crippen molar-refractivity contribution < 1.29 is 9.53 Å². The van der Waals surface area contributed by atoms with Crippen LogP contribution in [0.15, 0.2) is 0 Å². The molecule has 2 nitrogen and oxygen atoms in total. The molecule has 1 atom stereocenters. The molecule has 0 N–H and O–H groups in total. The second-order valence-corrected chi connectivity index (χ2v) is 2.96. The van der Waals surface area contributed by atoms with Gasteiger partial charge in [-0.1, -0.05) is 28.7 Å². The summed E-state index contributed by atoms with van der Waals surface area (Å²) in [6, 6.07) is 0. The molecule has 0 heterocycles. The van der Waals surface area contributed by atoms with Gasteiger partial charge in [-0.2, -0.15) is 0 Å². The third kappa shape index (κ3) is 11.7. The molecule has 0 rings (SSSR count). The molecule has 0 aromatic carbocycles. The molecule has 0 aromatic rings. The predicted molar refractivity (Wildman–Crippen MR) is 60.1 cm³/mol. The van der Waals surface area contributed by atoms with Crippen molar-refractivity contribution in [2.24, 2.45) is 5.92 Å². The van der Waals surface area contributed by atoms with E-state index < -0.39 is 0 Å². The Morgan fingerprint density at radius 1 is 1.31 bits per heavy atom. The lowest BCUT2D eigenvalue weighted by atomic mass is 10.0. The molecular weight excluding hydrogens is 163 g/mol. The highest BCUT2D eigenvalue weighted by Crippen LogP contribution is 2.07. The number of carbonyl (C=O) groups excluding carboxylic acids is 1. The van der Waals surface area contributed by atoms with Gasteiger partial charge in [0.15, 0.2) is 5.78 Å². The van der Waals surface area contributed by atoms with Crippen LogP contribution in [0.3, 0.4) is 0 Å². The summed E-state index contributed by atoms with van der Waals surface area (Å²) in [4.78, 5) is 10.8. The van der Waals surface area contributed by atoms with Crippen LogP contribution in [0.25, 0.3) is 0 Å². The van der Waals surface area contributed by atoms with Crippen LogP contribution in [-0.2, 0) is 9.53 Å². The van der Waals surface area contributed by atoms with Crippen molar-refractivity contribution in [1.82, 2.24) is 0 Å². The predicted octanol–water partition coefficient (Wildman–Crippen LogP) is 2.53. The maximum atomic E-state index is 10.8. The van der Waals surface area contributed by atoms with Crippen molar-refractivity contribution in [3.05, 3.63) is 0 Å². The first-order chi connectivity index (χ1) is 4.57. The van der Waals surface area contributed by atoms with E-state index in [2.05, 4.69) is 13.8 Å². The van der Waals surface area contributed by atoms with E-state index in [4.69, 9.17) is 4.74 Å². The van der Waals surface area contributed by atoms with Gasteiger partial charge < -0.3 is 4.74 Å². The Morgan fingerprint density at radius 3 is 1.77 bits per heavy atom. The molecule has 0 saturated heterocycles. The number of methoxy groups -OCH3 is 1. The first-order valence-corrected chi connectivity index (χ1v) is 3.61. The van der Waals surface area contributed by atoms with Crippen molar-refractivity contribution in [2.75, 3.05) is 7.11 Å². The summed E-state index contributed by atoms with van der Waals surface area (Å²) in [6.45, 7) is 5.72. The normalized spacial score (nSPS) is 10.5. The lowest BCUT2D eigenvalue weighted by Gasteiger charge is -2.13. The van der Waals surface area contributed by atoms with Gasteiger partial charge in [-0.05, 0) is 19.3 Å². The summed E-state index contributed by atoms with van der Waals surface area (Å²) in [5.41, 5.74) is 0. The van der Waals surface area contributed by atoms with Crippen molar-refractivity contribution in [2.45, 2.75) is 48.1 Å². The Hall–Kier alpha value is -0.305. The minimum Gasteiger partial charge on any atom is -0.374 e. The van der Waals surface area contributed by atoms with E-state index in [-0.39, 0.29) is 35.2 Å². The standard InChI is InChI=1S/C8H16O2.2CH4.B/c1-6(2)5-8(10-4)7(3)9;;;/h6,8H,5H2,1-4H3;2*1H4;. The average Bonchev–Trinajstić information content (AvgIpc) is 1.81. The lowest BCUT2D eigenvalue weighted by Crippen LogP contribution is -2.21. The summed E-state index contributed by atoms with van der Waals surface area (Å²) in [5, 5.41) is 0. The number of rotatable bonds is 4. The fourth-order valence-electron chi connectivity index (χ4n) is 0.856. The SMILES string of the molecule is C.C.COC(CC(C)C)C(C)=O.[B]. The largest absolute Gasteiger partial charge is 0.374 e. The Morgan fingerprint density at radius 2 is 1.69 bits per heavy atom. The third-order valence-corrected chi connectivity index (χ3v) is 1.42. The molecule has 0 saturated carbocycles. The number of hydrogen-bond donors (Lipinski definition) is 0. The minimum absolute atomic E-state index is 0. The van der Waals surface area contributed by atoms with Crippen LogP contribution >= 0.6 is 0 Å². The van der Waals surface area contributed by atoms with Gasteiger partial charge in [-0.25, -0.2) is 0 Å². The highest BCUT2D eigenvalue weighted by Gasteiger charge is 2.13. The summed E-state index contributed by atoms with van der Waals surface area (Å²) in [7, 11) is 1.58. The maximum Gasteiger partial charge on any atom is 0.158 e. The number of hydrogen-bond acceptors (Lipinski definition) is 2. The van der Waals surface area contributed by atoms with Gasteiger partial charge >= 0.3 is 0 Å². The zero-order chi connectivity index (χ0) is 8.15. The van der Waals surface area contributed by atoms with Crippen LogP contribution in [0.2, 0.25) is 0 Å². The van der Waals surface area contributed by atoms with Crippen LogP contribution in [0, 0.1) is 5.92 Å². The van der Waals surface area contributed by atoms with Gasteiger partial charge in [0.2, 0.25) is 0 Å². The van der Waals surface area contributed by atoms with E-state index in [0.29, 0.717) is 5.92 Å². The van der Waals surface area contributed by atoms with Gasteiger partial charge in [0, 0.05) is 15.5 Å². The molecule has 13 heavy (non-hydrogen) atoms. The lowest BCUT2D eigenvalue weighted by molar-refractivity contribution is -0.127. The Labute approximate surface area is 85.6 Å². The topological polar surface area (TPSA) is 26.3 Å². The second kappa shape index (κ2) is 11.7. The van der Waals surface area contributed by atoms with Crippen molar-refractivity contribution in [1.29, 1.82) is 0 Å². The zero-order valence-corrected chi connectivity index (χ0v) is 7.76. The summed E-state index contributed by atoms with van der Waals surface area (Å²) in [5.74, 6) is 0.644. The molecule has 0 spiro atoms. The fraction of sp³-hybridized carbons (Fsp3) is 0.900. The van der Waals surface area contributed by atoms with Crippen LogP contribution in [0.1, 0.15) is 42.0 Å². The number of carbonyl (C=O) groups is 1. The van der Waals surface area contributed by atoms with Crippen molar-refractivity contribution in [3.8, 4) is 0 Å². The molecule has 0 aromatic heterocycles. The van der Waals surface area contributed by atoms with E-state index in [9.17, 15) is 4.79 Å². The zero-order valence-electron chi connectivity index (χ0n) is 7.76. The molecule has 79 valence electrons. The first-order valence-electron chi connectivity index (χ1n) is 3.61. The van der Waals surface area contributed by atoms with Crippen LogP contribution in [0.4, 0.5) is 0 Å². The number of ether oxygens (including phenoxy) is 1. The summed E-state index contributed by atoms with van der Waals surface area (Å²) in [6.07, 6.45) is 0.631. The Kier molecular flexibility index (Phi) is 20.7. The average molecular weight is 187 g/mol. The van der Waals surface area contributed by atoms with Crippen molar-refractivity contribution in [3.63, 3.8) is 0 Å². The van der Waals surface area contributed by atoms with Gasteiger partial charge in [0.1, 0.15) is 6.10 Å². The monoisotopic (exact) mass is 187 g/mol. The fourth-order valence-corrected chi connectivity index (χ4v) is 0.856. The van der Waals surface area contributed by atoms with Crippen LogP contribution in [-0.4, -0.2) is 27.4 Å². The molecule has 3 radical (unpaired) electrons. The van der Waals surface area contributed by atoms with E-state index in [1.165, 1.54) is 0 Å². The summed E-state index contributed by atoms with van der Waals surface area (Å²) >= 11 is 0. The molecule has 0 fully saturated rings.